The minimum atomic E-state index is 0.155. The molecule has 3 aliphatic rings. The molecule has 0 atom stereocenters. The molecule has 0 aromatic heterocycles. The van der Waals surface area contributed by atoms with Gasteiger partial charge in [0.05, 0.1) is 0 Å². The molecular formula is C20H13IO. The normalized spacial score (nSPS) is 20.2. The minimum absolute atomic E-state index is 0.155. The molecule has 0 aliphatic heterocycles. The van der Waals surface area contributed by atoms with Crippen molar-refractivity contribution in [2.45, 2.75) is 11.8 Å². The maximum Gasteiger partial charge on any atom is 0.120 e. The Balaban J connectivity index is 1.96. The third kappa shape index (κ3) is 1.44. The summed E-state index contributed by atoms with van der Waals surface area (Å²) in [7, 11) is 0. The summed E-state index contributed by atoms with van der Waals surface area (Å²) in [6.07, 6.45) is 0. The van der Waals surface area contributed by atoms with Crippen molar-refractivity contribution in [2.75, 3.05) is 0 Å². The lowest BCUT2D eigenvalue weighted by atomic mass is 9.61. The van der Waals surface area contributed by atoms with Crippen molar-refractivity contribution in [2.24, 2.45) is 0 Å². The zero-order valence-electron chi connectivity index (χ0n) is 11.8. The van der Waals surface area contributed by atoms with E-state index in [4.69, 9.17) is 0 Å². The van der Waals surface area contributed by atoms with Crippen LogP contribution in [-0.2, 0) is 0 Å². The van der Waals surface area contributed by atoms with E-state index >= 15 is 0 Å². The Hall–Kier alpha value is -1.81. The molecule has 0 amide bonds. The fraction of sp³-hybridized carbons (Fsp3) is 0.100. The molecule has 3 aromatic rings. The van der Waals surface area contributed by atoms with Gasteiger partial charge in [0, 0.05) is 21.0 Å². The summed E-state index contributed by atoms with van der Waals surface area (Å²) < 4.78 is 1.24. The Kier molecular flexibility index (Phi) is 2.51. The van der Waals surface area contributed by atoms with Crippen LogP contribution in [0.4, 0.5) is 0 Å². The summed E-state index contributed by atoms with van der Waals surface area (Å²) in [5, 5.41) is 10.6. The first-order chi connectivity index (χ1) is 10.8. The SMILES string of the molecule is Oc1ccc(I)c2c1C1c3ccccc3C2c2ccccc21. The quantitative estimate of drug-likeness (QED) is 0.366. The number of hydrogen-bond acceptors (Lipinski definition) is 1. The van der Waals surface area contributed by atoms with Crippen LogP contribution in [-0.4, -0.2) is 5.11 Å². The summed E-state index contributed by atoms with van der Waals surface area (Å²) in [4.78, 5) is 0. The lowest BCUT2D eigenvalue weighted by Gasteiger charge is -2.42. The van der Waals surface area contributed by atoms with E-state index in [1.807, 2.05) is 12.1 Å². The summed E-state index contributed by atoms with van der Waals surface area (Å²) in [5.41, 5.74) is 7.87. The first-order valence-electron chi connectivity index (χ1n) is 7.46. The van der Waals surface area contributed by atoms with Crippen LogP contribution in [0.25, 0.3) is 0 Å². The maximum absolute atomic E-state index is 10.6. The molecule has 2 heteroatoms. The second-order valence-corrected chi connectivity index (χ2v) is 7.18. The highest BCUT2D eigenvalue weighted by molar-refractivity contribution is 14.1. The number of halogens is 1. The van der Waals surface area contributed by atoms with Gasteiger partial charge in [-0.05, 0) is 62.5 Å². The van der Waals surface area contributed by atoms with Crippen molar-refractivity contribution in [3.8, 4) is 5.75 Å². The van der Waals surface area contributed by atoms with E-state index in [1.54, 1.807) is 0 Å². The molecule has 0 heterocycles. The van der Waals surface area contributed by atoms with E-state index in [0.717, 1.165) is 5.56 Å². The van der Waals surface area contributed by atoms with Gasteiger partial charge in [0.25, 0.3) is 0 Å². The molecular weight excluding hydrogens is 383 g/mol. The predicted octanol–water partition coefficient (Wildman–Crippen LogP) is 4.98. The van der Waals surface area contributed by atoms with E-state index in [1.165, 1.54) is 31.4 Å². The van der Waals surface area contributed by atoms with Gasteiger partial charge in [0.2, 0.25) is 0 Å². The molecule has 3 aliphatic carbocycles. The van der Waals surface area contributed by atoms with Crippen LogP contribution in [0.2, 0.25) is 0 Å². The molecule has 0 fully saturated rings. The second kappa shape index (κ2) is 4.35. The fourth-order valence-electron chi connectivity index (χ4n) is 4.23. The molecule has 0 spiro atoms. The van der Waals surface area contributed by atoms with Gasteiger partial charge in [0.15, 0.2) is 0 Å². The smallest absolute Gasteiger partial charge is 0.120 e. The van der Waals surface area contributed by atoms with Gasteiger partial charge in [-0.15, -0.1) is 0 Å². The van der Waals surface area contributed by atoms with Crippen molar-refractivity contribution in [1.29, 1.82) is 0 Å². The molecule has 0 radical (unpaired) electrons. The van der Waals surface area contributed by atoms with E-state index in [0.29, 0.717) is 5.75 Å². The van der Waals surface area contributed by atoms with Gasteiger partial charge >= 0.3 is 0 Å². The summed E-state index contributed by atoms with van der Waals surface area (Å²) in [6.45, 7) is 0. The maximum atomic E-state index is 10.6. The lowest BCUT2D eigenvalue weighted by molar-refractivity contribution is 0.462. The van der Waals surface area contributed by atoms with Crippen LogP contribution in [0.15, 0.2) is 60.7 Å². The first kappa shape index (κ1) is 12.7. The molecule has 0 saturated carbocycles. The highest BCUT2D eigenvalue weighted by Crippen LogP contribution is 2.58. The summed E-state index contributed by atoms with van der Waals surface area (Å²) in [5.74, 6) is 0.822. The molecule has 22 heavy (non-hydrogen) atoms. The Labute approximate surface area is 142 Å². The fourth-order valence-corrected chi connectivity index (χ4v) is 5.01. The van der Waals surface area contributed by atoms with Crippen LogP contribution in [0.5, 0.6) is 5.75 Å². The average Bonchev–Trinajstić information content (AvgIpc) is 2.58. The van der Waals surface area contributed by atoms with Crippen LogP contribution < -0.4 is 0 Å². The Morgan fingerprint density at radius 3 is 1.59 bits per heavy atom. The third-order valence-electron chi connectivity index (χ3n) is 5.02. The van der Waals surface area contributed by atoms with Gasteiger partial charge in [-0.3, -0.25) is 0 Å². The van der Waals surface area contributed by atoms with Gasteiger partial charge in [-0.1, -0.05) is 48.5 Å². The zero-order valence-corrected chi connectivity index (χ0v) is 13.9. The highest BCUT2D eigenvalue weighted by Gasteiger charge is 2.43. The van der Waals surface area contributed by atoms with E-state index in [2.05, 4.69) is 71.1 Å². The standard InChI is InChI=1S/C20H13IO/c21-15-9-10-16(22)20-18-13-7-3-1-5-11(13)17(19(15)20)12-6-2-4-8-14(12)18/h1-10,17-18,22H. The molecule has 2 bridgehead atoms. The lowest BCUT2D eigenvalue weighted by Crippen LogP contribution is -2.28. The van der Waals surface area contributed by atoms with Crippen LogP contribution in [0.1, 0.15) is 45.2 Å². The average molecular weight is 396 g/mol. The van der Waals surface area contributed by atoms with E-state index < -0.39 is 0 Å². The largest absolute Gasteiger partial charge is 0.508 e. The van der Waals surface area contributed by atoms with E-state index in [-0.39, 0.29) is 11.8 Å². The Morgan fingerprint density at radius 2 is 1.09 bits per heavy atom. The van der Waals surface area contributed by atoms with Crippen molar-refractivity contribution in [3.63, 3.8) is 0 Å². The van der Waals surface area contributed by atoms with Crippen LogP contribution >= 0.6 is 22.6 Å². The first-order valence-corrected chi connectivity index (χ1v) is 8.54. The van der Waals surface area contributed by atoms with Gasteiger partial charge < -0.3 is 5.11 Å². The molecule has 0 saturated heterocycles. The zero-order chi connectivity index (χ0) is 14.8. The summed E-state index contributed by atoms with van der Waals surface area (Å²) in [6, 6.07) is 21.2. The number of aromatic hydroxyl groups is 1. The highest BCUT2D eigenvalue weighted by atomic mass is 127. The van der Waals surface area contributed by atoms with Crippen LogP contribution in [0, 0.1) is 3.57 Å². The molecule has 6 rings (SSSR count). The molecule has 3 aromatic carbocycles. The molecule has 0 unspecified atom stereocenters. The number of benzene rings is 3. The Morgan fingerprint density at radius 1 is 0.636 bits per heavy atom. The molecule has 1 nitrogen and oxygen atoms in total. The second-order valence-electron chi connectivity index (χ2n) is 6.02. The third-order valence-corrected chi connectivity index (χ3v) is 5.97. The van der Waals surface area contributed by atoms with Crippen molar-refractivity contribution in [1.82, 2.24) is 0 Å². The van der Waals surface area contributed by atoms with Crippen molar-refractivity contribution in [3.05, 3.63) is 97.6 Å². The van der Waals surface area contributed by atoms with Crippen molar-refractivity contribution >= 4 is 22.6 Å². The predicted molar refractivity (Wildman–Crippen MR) is 95.6 cm³/mol. The van der Waals surface area contributed by atoms with Gasteiger partial charge in [-0.25, -0.2) is 0 Å². The van der Waals surface area contributed by atoms with Gasteiger partial charge in [-0.2, -0.15) is 0 Å². The van der Waals surface area contributed by atoms with Crippen molar-refractivity contribution < 1.29 is 5.11 Å². The number of hydrogen-bond donors (Lipinski definition) is 1. The monoisotopic (exact) mass is 396 g/mol. The van der Waals surface area contributed by atoms with E-state index in [9.17, 15) is 5.11 Å². The summed E-state index contributed by atoms with van der Waals surface area (Å²) >= 11 is 2.41. The Bertz CT molecular complexity index is 806. The topological polar surface area (TPSA) is 20.2 Å². The number of rotatable bonds is 0. The number of phenolic OH excluding ortho intramolecular Hbond substituents is 1. The van der Waals surface area contributed by atoms with Gasteiger partial charge in [0.1, 0.15) is 5.75 Å². The van der Waals surface area contributed by atoms with Crippen LogP contribution in [0.3, 0.4) is 0 Å². The minimum Gasteiger partial charge on any atom is -0.508 e. The molecule has 106 valence electrons. The molecule has 1 N–H and O–H groups in total. The number of phenols is 1.